The summed E-state index contributed by atoms with van der Waals surface area (Å²) in [5.41, 5.74) is 2.08. The van der Waals surface area contributed by atoms with E-state index in [1.165, 1.54) is 10.8 Å². The molecule has 0 fully saturated rings. The molecule has 0 spiro atoms. The van der Waals surface area contributed by atoms with Gasteiger partial charge in [-0.15, -0.1) is 0 Å². The van der Waals surface area contributed by atoms with E-state index in [1.54, 1.807) is 6.92 Å². The van der Waals surface area contributed by atoms with Gasteiger partial charge in [-0.2, -0.15) is 0 Å². The maximum Gasteiger partial charge on any atom is 0.345 e. The summed E-state index contributed by atoms with van der Waals surface area (Å²) in [5.74, 6) is -0.134. The van der Waals surface area contributed by atoms with E-state index in [2.05, 4.69) is 4.98 Å². The number of aromatic nitrogens is 3. The molecule has 3 heterocycles. The first-order valence-corrected chi connectivity index (χ1v) is 7.73. The summed E-state index contributed by atoms with van der Waals surface area (Å²) in [5, 5.41) is 0. The molecule has 1 aliphatic heterocycles. The SMILES string of the molecule is CCOC(=O)c1cnc2n(c1=O)-c1ccccc1Cn1cccc1-2. The van der Waals surface area contributed by atoms with Gasteiger partial charge < -0.3 is 9.30 Å². The topological polar surface area (TPSA) is 66.1 Å². The van der Waals surface area contributed by atoms with Gasteiger partial charge in [-0.05, 0) is 30.7 Å². The molecule has 0 atom stereocenters. The van der Waals surface area contributed by atoms with Crippen LogP contribution in [0.2, 0.25) is 0 Å². The molecule has 1 aliphatic rings. The van der Waals surface area contributed by atoms with E-state index >= 15 is 0 Å². The minimum Gasteiger partial charge on any atom is -0.462 e. The Labute approximate surface area is 138 Å². The van der Waals surface area contributed by atoms with Gasteiger partial charge in [0, 0.05) is 18.9 Å². The highest BCUT2D eigenvalue weighted by Crippen LogP contribution is 2.27. The Morgan fingerprint density at radius 2 is 2.08 bits per heavy atom. The molecule has 3 aromatic rings. The van der Waals surface area contributed by atoms with Gasteiger partial charge in [-0.25, -0.2) is 9.78 Å². The van der Waals surface area contributed by atoms with Gasteiger partial charge in [-0.1, -0.05) is 18.2 Å². The molecule has 2 aromatic heterocycles. The molecule has 0 aliphatic carbocycles. The van der Waals surface area contributed by atoms with Crippen molar-refractivity contribution in [1.82, 2.24) is 14.1 Å². The molecular formula is C18H15N3O3. The van der Waals surface area contributed by atoms with Crippen LogP contribution in [0.5, 0.6) is 0 Å². The van der Waals surface area contributed by atoms with Gasteiger partial charge in [0.1, 0.15) is 5.56 Å². The fourth-order valence-electron chi connectivity index (χ4n) is 3.01. The highest BCUT2D eigenvalue weighted by atomic mass is 16.5. The summed E-state index contributed by atoms with van der Waals surface area (Å²) in [6.07, 6.45) is 3.25. The van der Waals surface area contributed by atoms with Gasteiger partial charge in [-0.3, -0.25) is 9.36 Å². The quantitative estimate of drug-likeness (QED) is 0.531. The Hall–Kier alpha value is -3.15. The Kier molecular flexibility index (Phi) is 3.30. The van der Waals surface area contributed by atoms with Gasteiger partial charge >= 0.3 is 5.97 Å². The van der Waals surface area contributed by atoms with Crippen molar-refractivity contribution in [3.8, 4) is 17.2 Å². The lowest BCUT2D eigenvalue weighted by Crippen LogP contribution is -2.28. The van der Waals surface area contributed by atoms with Crippen LogP contribution in [-0.2, 0) is 11.3 Å². The van der Waals surface area contributed by atoms with Crippen LogP contribution in [-0.4, -0.2) is 26.7 Å². The van der Waals surface area contributed by atoms with E-state index in [4.69, 9.17) is 4.74 Å². The lowest BCUT2D eigenvalue weighted by atomic mass is 10.1. The number of carbonyl (C=O) groups is 1. The van der Waals surface area contributed by atoms with Gasteiger partial charge in [0.05, 0.1) is 18.0 Å². The molecule has 6 nitrogen and oxygen atoms in total. The van der Waals surface area contributed by atoms with Gasteiger partial charge in [0.15, 0.2) is 5.82 Å². The van der Waals surface area contributed by atoms with E-state index in [0.717, 1.165) is 16.9 Å². The largest absolute Gasteiger partial charge is 0.462 e. The highest BCUT2D eigenvalue weighted by molar-refractivity contribution is 5.89. The third kappa shape index (κ3) is 2.07. The monoisotopic (exact) mass is 321 g/mol. The average Bonchev–Trinajstić information content (AvgIpc) is 2.98. The van der Waals surface area contributed by atoms with E-state index in [9.17, 15) is 9.59 Å². The smallest absolute Gasteiger partial charge is 0.345 e. The molecule has 0 unspecified atom stereocenters. The maximum atomic E-state index is 13.0. The molecule has 24 heavy (non-hydrogen) atoms. The third-order valence-corrected chi connectivity index (χ3v) is 4.09. The van der Waals surface area contributed by atoms with Crippen LogP contribution in [0.4, 0.5) is 0 Å². The Morgan fingerprint density at radius 3 is 2.92 bits per heavy atom. The van der Waals surface area contributed by atoms with Crippen LogP contribution < -0.4 is 5.56 Å². The predicted octanol–water partition coefficient (Wildman–Crippen LogP) is 2.24. The maximum absolute atomic E-state index is 13.0. The Balaban J connectivity index is 2.06. The van der Waals surface area contributed by atoms with E-state index < -0.39 is 11.5 Å². The molecule has 0 bridgehead atoms. The lowest BCUT2D eigenvalue weighted by molar-refractivity contribution is 0.0523. The number of hydrogen-bond acceptors (Lipinski definition) is 4. The number of carbonyl (C=O) groups excluding carboxylic acids is 1. The van der Waals surface area contributed by atoms with Crippen molar-refractivity contribution in [1.29, 1.82) is 0 Å². The first-order valence-electron chi connectivity index (χ1n) is 7.73. The second-order valence-corrected chi connectivity index (χ2v) is 5.51. The van der Waals surface area contributed by atoms with Crippen LogP contribution in [0.1, 0.15) is 22.8 Å². The molecule has 120 valence electrons. The summed E-state index contributed by atoms with van der Waals surface area (Å²) in [6, 6.07) is 11.5. The van der Waals surface area contributed by atoms with Crippen molar-refractivity contribution in [2.75, 3.05) is 6.61 Å². The van der Waals surface area contributed by atoms with Crippen LogP contribution >= 0.6 is 0 Å². The Bertz CT molecular complexity index is 1000. The molecule has 0 saturated carbocycles. The molecule has 0 saturated heterocycles. The van der Waals surface area contributed by atoms with Gasteiger partial charge in [0.25, 0.3) is 5.56 Å². The fraction of sp³-hybridized carbons (Fsp3) is 0.167. The number of fused-ring (bicyclic) bond motifs is 5. The summed E-state index contributed by atoms with van der Waals surface area (Å²) in [6.45, 7) is 2.55. The fourth-order valence-corrected chi connectivity index (χ4v) is 3.01. The summed E-state index contributed by atoms with van der Waals surface area (Å²) in [4.78, 5) is 29.5. The van der Waals surface area contributed by atoms with Crippen LogP contribution in [0, 0.1) is 0 Å². The van der Waals surface area contributed by atoms with E-state index in [1.807, 2.05) is 47.2 Å². The number of rotatable bonds is 2. The van der Waals surface area contributed by atoms with Crippen molar-refractivity contribution in [2.24, 2.45) is 0 Å². The van der Waals surface area contributed by atoms with Crippen LogP contribution in [0.15, 0.2) is 53.6 Å². The van der Waals surface area contributed by atoms with Crippen LogP contribution in [0.3, 0.4) is 0 Å². The molecular weight excluding hydrogens is 306 g/mol. The standard InChI is InChI=1S/C18H15N3O3/c1-2-24-18(23)13-10-19-16-15-8-5-9-20(15)11-12-6-3-4-7-14(12)21(16)17(13)22/h3-10H,2,11H2,1H3. The zero-order valence-electron chi connectivity index (χ0n) is 13.1. The second-order valence-electron chi connectivity index (χ2n) is 5.51. The first kappa shape index (κ1) is 14.4. The summed E-state index contributed by atoms with van der Waals surface area (Å²) >= 11 is 0. The number of nitrogens with zero attached hydrogens (tertiary/aromatic N) is 3. The average molecular weight is 321 g/mol. The second kappa shape index (κ2) is 5.49. The normalized spacial score (nSPS) is 11.9. The van der Waals surface area contributed by atoms with E-state index in [-0.39, 0.29) is 12.2 Å². The van der Waals surface area contributed by atoms with Crippen molar-refractivity contribution in [3.63, 3.8) is 0 Å². The molecule has 0 radical (unpaired) electrons. The van der Waals surface area contributed by atoms with Crippen molar-refractivity contribution in [3.05, 3.63) is 70.3 Å². The third-order valence-electron chi connectivity index (χ3n) is 4.09. The van der Waals surface area contributed by atoms with Gasteiger partial charge in [0.2, 0.25) is 0 Å². The number of para-hydroxylation sites is 1. The molecule has 6 heteroatoms. The van der Waals surface area contributed by atoms with Crippen molar-refractivity contribution in [2.45, 2.75) is 13.5 Å². The van der Waals surface area contributed by atoms with Crippen LogP contribution in [0.25, 0.3) is 17.2 Å². The lowest BCUT2D eigenvalue weighted by Gasteiger charge is -2.12. The first-order chi connectivity index (χ1) is 11.7. The van der Waals surface area contributed by atoms with Crippen molar-refractivity contribution >= 4 is 5.97 Å². The van der Waals surface area contributed by atoms with Crippen molar-refractivity contribution < 1.29 is 9.53 Å². The number of hydrogen-bond donors (Lipinski definition) is 0. The molecule has 0 amide bonds. The molecule has 4 rings (SSSR count). The Morgan fingerprint density at radius 1 is 1.25 bits per heavy atom. The molecule has 1 aromatic carbocycles. The number of esters is 1. The summed E-state index contributed by atoms with van der Waals surface area (Å²) < 4.78 is 8.51. The zero-order chi connectivity index (χ0) is 16.7. The zero-order valence-corrected chi connectivity index (χ0v) is 13.1. The number of benzene rings is 1. The highest BCUT2D eigenvalue weighted by Gasteiger charge is 2.24. The predicted molar refractivity (Wildman–Crippen MR) is 88.3 cm³/mol. The van der Waals surface area contributed by atoms with E-state index in [0.29, 0.717) is 12.4 Å². The summed E-state index contributed by atoms with van der Waals surface area (Å²) in [7, 11) is 0. The molecule has 0 N–H and O–H groups in total. The number of ether oxygens (including phenoxy) is 1. The minimum atomic E-state index is -0.651. The minimum absolute atomic E-state index is 0.0598.